The average molecular weight is 418 g/mol. The highest BCUT2D eigenvalue weighted by Crippen LogP contribution is 2.27. The Kier molecular flexibility index (Phi) is 5.51. The summed E-state index contributed by atoms with van der Waals surface area (Å²) in [6, 6.07) is 8.12. The van der Waals surface area contributed by atoms with Gasteiger partial charge in [0.25, 0.3) is 0 Å². The number of carbonyl (C=O) groups is 1. The summed E-state index contributed by atoms with van der Waals surface area (Å²) < 4.78 is 7.32. The molecule has 26 heavy (non-hydrogen) atoms. The first-order valence-electron chi connectivity index (χ1n) is 8.20. The number of hydrogen-bond acceptors (Lipinski definition) is 6. The number of benzene rings is 1. The van der Waals surface area contributed by atoms with E-state index in [1.807, 2.05) is 32.2 Å². The summed E-state index contributed by atoms with van der Waals surface area (Å²) in [7, 11) is 3.23. The second kappa shape index (κ2) is 7.82. The van der Waals surface area contributed by atoms with Crippen LogP contribution < -0.4 is 5.32 Å². The number of nitrogens with zero attached hydrogens (tertiary/aromatic N) is 4. The summed E-state index contributed by atoms with van der Waals surface area (Å²) in [5.74, 6) is 0.0462. The van der Waals surface area contributed by atoms with Crippen molar-refractivity contribution in [1.82, 2.24) is 19.7 Å². The Morgan fingerprint density at radius 3 is 2.92 bits per heavy atom. The summed E-state index contributed by atoms with van der Waals surface area (Å²) in [6.07, 6.45) is 2.07. The zero-order chi connectivity index (χ0) is 18.7. The van der Waals surface area contributed by atoms with Gasteiger partial charge < -0.3 is 10.1 Å². The molecule has 0 aliphatic rings. The Bertz CT molecular complexity index is 940. The minimum absolute atomic E-state index is 0.255. The minimum Gasteiger partial charge on any atom is -0.469 e. The number of methoxy groups -OCH3 is 1. The third-order valence-electron chi connectivity index (χ3n) is 4.19. The van der Waals surface area contributed by atoms with Crippen molar-refractivity contribution in [1.29, 1.82) is 0 Å². The van der Waals surface area contributed by atoms with Crippen LogP contribution in [0.3, 0.4) is 0 Å². The van der Waals surface area contributed by atoms with Gasteiger partial charge in [0.05, 0.1) is 18.4 Å². The number of nitrogens with one attached hydrogen (secondary N) is 1. The number of anilines is 1. The molecule has 2 heterocycles. The summed E-state index contributed by atoms with van der Waals surface area (Å²) in [4.78, 5) is 20.8. The third-order valence-corrected chi connectivity index (χ3v) is 4.75. The van der Waals surface area contributed by atoms with E-state index in [9.17, 15) is 4.79 Å². The van der Waals surface area contributed by atoms with Crippen LogP contribution in [0, 0.1) is 12.8 Å². The molecule has 1 N–H and O–H groups in total. The number of aryl methyl sites for hydroxylation is 2. The molecule has 0 aliphatic carbocycles. The molecule has 136 valence electrons. The van der Waals surface area contributed by atoms with Crippen LogP contribution >= 0.6 is 15.9 Å². The fourth-order valence-electron chi connectivity index (χ4n) is 2.92. The molecule has 0 aliphatic heterocycles. The van der Waals surface area contributed by atoms with Crippen LogP contribution in [0.15, 0.2) is 35.2 Å². The van der Waals surface area contributed by atoms with Gasteiger partial charge in [-0.1, -0.05) is 29.8 Å². The molecule has 3 aromatic rings. The van der Waals surface area contributed by atoms with Crippen LogP contribution in [0.2, 0.25) is 0 Å². The van der Waals surface area contributed by atoms with E-state index >= 15 is 0 Å². The summed E-state index contributed by atoms with van der Waals surface area (Å²) in [5.41, 5.74) is 2.97. The first-order chi connectivity index (χ1) is 12.5. The Morgan fingerprint density at radius 1 is 1.38 bits per heavy atom. The molecule has 3 rings (SSSR count). The van der Waals surface area contributed by atoms with Gasteiger partial charge in [-0.05, 0) is 34.8 Å². The van der Waals surface area contributed by atoms with Crippen molar-refractivity contribution < 1.29 is 9.53 Å². The van der Waals surface area contributed by atoms with E-state index in [4.69, 9.17) is 4.74 Å². The van der Waals surface area contributed by atoms with Gasteiger partial charge in [0, 0.05) is 13.6 Å². The fraction of sp³-hybridized carbons (Fsp3) is 0.333. The van der Waals surface area contributed by atoms with Gasteiger partial charge in [0.1, 0.15) is 16.7 Å². The first-order valence-corrected chi connectivity index (χ1v) is 8.99. The maximum atomic E-state index is 12.2. The van der Waals surface area contributed by atoms with E-state index in [1.54, 1.807) is 4.68 Å². The number of carbonyl (C=O) groups excluding carboxylic acids is 1. The summed E-state index contributed by atoms with van der Waals surface area (Å²) in [5, 5.41) is 8.35. The van der Waals surface area contributed by atoms with Gasteiger partial charge in [-0.3, -0.25) is 4.79 Å². The highest BCUT2D eigenvalue weighted by Gasteiger charge is 2.21. The number of esters is 1. The Hall–Kier alpha value is -2.48. The van der Waals surface area contributed by atoms with Crippen molar-refractivity contribution in [3.63, 3.8) is 0 Å². The van der Waals surface area contributed by atoms with Gasteiger partial charge >= 0.3 is 5.97 Å². The number of aromatic nitrogens is 4. The number of fused-ring (bicyclic) bond motifs is 1. The predicted octanol–water partition coefficient (Wildman–Crippen LogP) is 2.88. The molecular weight excluding hydrogens is 398 g/mol. The fourth-order valence-corrected chi connectivity index (χ4v) is 3.53. The number of hydrogen-bond donors (Lipinski definition) is 1. The average Bonchev–Trinajstić information content (AvgIpc) is 2.93. The van der Waals surface area contributed by atoms with Crippen LogP contribution in [0.25, 0.3) is 11.0 Å². The van der Waals surface area contributed by atoms with Crippen molar-refractivity contribution in [2.75, 3.05) is 19.0 Å². The molecule has 0 saturated heterocycles. The normalized spacial score (nSPS) is 12.2. The predicted molar refractivity (Wildman–Crippen MR) is 103 cm³/mol. The molecule has 1 atom stereocenters. The van der Waals surface area contributed by atoms with E-state index in [-0.39, 0.29) is 11.9 Å². The molecule has 0 saturated carbocycles. The van der Waals surface area contributed by atoms with Crippen LogP contribution in [0.4, 0.5) is 5.82 Å². The zero-order valence-electron chi connectivity index (χ0n) is 14.9. The van der Waals surface area contributed by atoms with Crippen molar-refractivity contribution >= 4 is 38.8 Å². The largest absolute Gasteiger partial charge is 0.469 e. The van der Waals surface area contributed by atoms with Crippen LogP contribution in [0.5, 0.6) is 0 Å². The van der Waals surface area contributed by atoms with Crippen molar-refractivity contribution in [2.24, 2.45) is 13.0 Å². The van der Waals surface area contributed by atoms with Crippen molar-refractivity contribution in [2.45, 2.75) is 13.3 Å². The molecule has 1 unspecified atom stereocenters. The molecule has 0 bridgehead atoms. The van der Waals surface area contributed by atoms with E-state index in [1.165, 1.54) is 13.4 Å². The Morgan fingerprint density at radius 2 is 2.19 bits per heavy atom. The maximum Gasteiger partial charge on any atom is 0.310 e. The topological polar surface area (TPSA) is 81.9 Å². The van der Waals surface area contributed by atoms with Crippen LogP contribution in [-0.2, 0) is 23.0 Å². The molecule has 0 amide bonds. The number of rotatable bonds is 6. The van der Waals surface area contributed by atoms with Gasteiger partial charge in [-0.15, -0.1) is 0 Å². The quantitative estimate of drug-likeness (QED) is 0.620. The number of ether oxygens (including phenoxy) is 1. The lowest BCUT2D eigenvalue weighted by atomic mass is 9.98. The third kappa shape index (κ3) is 3.85. The lowest BCUT2D eigenvalue weighted by molar-refractivity contribution is -0.144. The molecule has 2 aromatic heterocycles. The molecular formula is C18H20BrN5O2. The highest BCUT2D eigenvalue weighted by molar-refractivity contribution is 9.10. The SMILES string of the molecule is COC(=O)C(CNc1ncnc2c1c(Br)nn2C)Cc1cccc(C)c1. The molecule has 8 heteroatoms. The van der Waals surface area contributed by atoms with Crippen LogP contribution in [-0.4, -0.2) is 39.4 Å². The highest BCUT2D eigenvalue weighted by atomic mass is 79.9. The van der Waals surface area contributed by atoms with Crippen molar-refractivity contribution in [3.05, 3.63) is 46.3 Å². The molecule has 0 spiro atoms. The smallest absolute Gasteiger partial charge is 0.310 e. The van der Waals surface area contributed by atoms with E-state index in [0.717, 1.165) is 16.5 Å². The second-order valence-electron chi connectivity index (χ2n) is 6.13. The van der Waals surface area contributed by atoms with Gasteiger partial charge in [-0.2, -0.15) is 5.10 Å². The lowest BCUT2D eigenvalue weighted by Gasteiger charge is -2.16. The van der Waals surface area contributed by atoms with Gasteiger partial charge in [-0.25, -0.2) is 14.6 Å². The molecule has 0 radical (unpaired) electrons. The van der Waals surface area contributed by atoms with Crippen LogP contribution in [0.1, 0.15) is 11.1 Å². The monoisotopic (exact) mass is 417 g/mol. The maximum absolute atomic E-state index is 12.2. The summed E-state index contributed by atoms with van der Waals surface area (Å²) in [6.45, 7) is 2.43. The van der Waals surface area contributed by atoms with E-state index < -0.39 is 0 Å². The lowest BCUT2D eigenvalue weighted by Crippen LogP contribution is -2.27. The Labute approximate surface area is 159 Å². The minimum atomic E-state index is -0.331. The van der Waals surface area contributed by atoms with Gasteiger partial charge in [0.2, 0.25) is 0 Å². The first kappa shape index (κ1) is 18.3. The standard InChI is InChI=1S/C18H20BrN5O2/c1-11-5-4-6-12(7-11)8-13(18(25)26-3)9-20-16-14-15(19)23-24(2)17(14)22-10-21-16/h4-7,10,13H,8-9H2,1-3H3,(H,20,21,22). The van der Waals surface area contributed by atoms with E-state index in [2.05, 4.69) is 42.4 Å². The molecule has 1 aromatic carbocycles. The Balaban J connectivity index is 1.81. The number of halogens is 1. The summed E-state index contributed by atoms with van der Waals surface area (Å²) >= 11 is 3.44. The zero-order valence-corrected chi connectivity index (χ0v) is 16.4. The van der Waals surface area contributed by atoms with E-state index in [0.29, 0.717) is 29.0 Å². The molecule has 0 fully saturated rings. The molecule has 7 nitrogen and oxygen atoms in total. The second-order valence-corrected chi connectivity index (χ2v) is 6.88. The van der Waals surface area contributed by atoms with Crippen molar-refractivity contribution in [3.8, 4) is 0 Å². The van der Waals surface area contributed by atoms with Gasteiger partial charge in [0.15, 0.2) is 5.65 Å².